The van der Waals surface area contributed by atoms with Gasteiger partial charge in [-0.25, -0.2) is 4.39 Å². The van der Waals surface area contributed by atoms with Gasteiger partial charge in [0.05, 0.1) is 31.4 Å². The minimum Gasteiger partial charge on any atom is -0.497 e. The van der Waals surface area contributed by atoms with Crippen LogP contribution in [0.5, 0.6) is 5.75 Å². The first-order valence-corrected chi connectivity index (χ1v) is 11.3. The molecular formula is C28H25FN2O3. The van der Waals surface area contributed by atoms with Crippen molar-refractivity contribution in [2.24, 2.45) is 5.92 Å². The highest BCUT2D eigenvalue weighted by Crippen LogP contribution is 2.47. The molecule has 3 atom stereocenters. The summed E-state index contributed by atoms with van der Waals surface area (Å²) in [6.07, 6.45) is 0.724. The van der Waals surface area contributed by atoms with E-state index in [4.69, 9.17) is 4.74 Å². The Kier molecular flexibility index (Phi) is 5.95. The van der Waals surface area contributed by atoms with Gasteiger partial charge in [0, 0.05) is 29.3 Å². The Balaban J connectivity index is 1.52. The summed E-state index contributed by atoms with van der Waals surface area (Å²) in [5.41, 5.74) is 3.52. The van der Waals surface area contributed by atoms with E-state index >= 15 is 0 Å². The number of anilines is 1. The zero-order valence-corrected chi connectivity index (χ0v) is 18.8. The van der Waals surface area contributed by atoms with Gasteiger partial charge in [-0.05, 0) is 60.5 Å². The molecule has 5 rings (SSSR count). The molecule has 0 unspecified atom stereocenters. The fourth-order valence-corrected chi connectivity index (χ4v) is 5.00. The zero-order valence-electron chi connectivity index (χ0n) is 18.8. The fourth-order valence-electron chi connectivity index (χ4n) is 5.00. The van der Waals surface area contributed by atoms with Gasteiger partial charge >= 0.3 is 0 Å². The molecule has 34 heavy (non-hydrogen) atoms. The van der Waals surface area contributed by atoms with E-state index in [0.29, 0.717) is 6.54 Å². The van der Waals surface area contributed by atoms with Crippen molar-refractivity contribution in [1.29, 1.82) is 0 Å². The Hall–Kier alpha value is -3.82. The molecule has 0 saturated carbocycles. The molecule has 1 fully saturated rings. The lowest BCUT2D eigenvalue weighted by Gasteiger charge is -2.39. The number of halogens is 1. The van der Waals surface area contributed by atoms with E-state index in [0.717, 1.165) is 34.5 Å². The number of aliphatic hydroxyl groups is 1. The van der Waals surface area contributed by atoms with Crippen LogP contribution in [0, 0.1) is 23.6 Å². The molecule has 2 N–H and O–H groups in total. The maximum absolute atomic E-state index is 14.4. The Morgan fingerprint density at radius 2 is 1.91 bits per heavy atom. The van der Waals surface area contributed by atoms with Crippen LogP contribution < -0.4 is 10.1 Å². The standard InChI is InChI=1S/C28H25FN2O3/c1-34-20-6-4-5-18(15-20)9-10-19-11-12-25-23(16-19)27-22(26(17-32)30-25)13-14-31(27)28(33)21-7-2-3-8-24(21)29/h2-8,11-12,15-16,22,26-27,30,32H,13-14,17H2,1H3/t22-,26+,27-/m1/s1. The summed E-state index contributed by atoms with van der Waals surface area (Å²) >= 11 is 0. The summed E-state index contributed by atoms with van der Waals surface area (Å²) in [5.74, 6) is 6.28. The van der Waals surface area contributed by atoms with Crippen molar-refractivity contribution >= 4 is 11.6 Å². The predicted octanol–water partition coefficient (Wildman–Crippen LogP) is 4.22. The number of nitrogens with zero attached hydrogens (tertiary/aromatic N) is 1. The van der Waals surface area contributed by atoms with Crippen molar-refractivity contribution in [2.75, 3.05) is 25.6 Å². The summed E-state index contributed by atoms with van der Waals surface area (Å²) in [5, 5.41) is 13.4. The second kappa shape index (κ2) is 9.20. The molecule has 2 aliphatic heterocycles. The van der Waals surface area contributed by atoms with Crippen molar-refractivity contribution in [3.05, 3.63) is 94.8 Å². The third-order valence-electron chi connectivity index (χ3n) is 6.66. The van der Waals surface area contributed by atoms with Gasteiger partial charge in [-0.2, -0.15) is 0 Å². The highest BCUT2D eigenvalue weighted by Gasteiger charge is 2.46. The van der Waals surface area contributed by atoms with E-state index in [9.17, 15) is 14.3 Å². The van der Waals surface area contributed by atoms with Gasteiger partial charge in [0.2, 0.25) is 0 Å². The number of carbonyl (C=O) groups excluding carboxylic acids is 1. The number of nitrogens with one attached hydrogen (secondary N) is 1. The van der Waals surface area contributed by atoms with Crippen LogP contribution in [0.15, 0.2) is 66.7 Å². The van der Waals surface area contributed by atoms with E-state index in [1.165, 1.54) is 12.1 Å². The number of methoxy groups -OCH3 is 1. The van der Waals surface area contributed by atoms with Crippen molar-refractivity contribution < 1.29 is 19.0 Å². The first-order valence-electron chi connectivity index (χ1n) is 11.3. The Morgan fingerprint density at radius 3 is 2.68 bits per heavy atom. The molecule has 0 radical (unpaired) electrons. The quantitative estimate of drug-likeness (QED) is 0.580. The number of aliphatic hydroxyl groups excluding tert-OH is 1. The molecule has 6 heteroatoms. The number of hydrogen-bond donors (Lipinski definition) is 2. The highest BCUT2D eigenvalue weighted by atomic mass is 19.1. The zero-order chi connectivity index (χ0) is 23.7. The first kappa shape index (κ1) is 22.0. The van der Waals surface area contributed by atoms with Crippen LogP contribution in [-0.2, 0) is 0 Å². The Morgan fingerprint density at radius 1 is 1.12 bits per heavy atom. The van der Waals surface area contributed by atoms with E-state index in [1.807, 2.05) is 42.5 Å². The minimum atomic E-state index is -0.526. The summed E-state index contributed by atoms with van der Waals surface area (Å²) < 4.78 is 19.7. The number of likely N-dealkylation sites (tertiary alicyclic amines) is 1. The summed E-state index contributed by atoms with van der Waals surface area (Å²) in [4.78, 5) is 15.1. The molecule has 3 aromatic rings. The van der Waals surface area contributed by atoms with Crippen LogP contribution in [0.4, 0.5) is 10.1 Å². The molecular weight excluding hydrogens is 431 g/mol. The van der Waals surface area contributed by atoms with Gasteiger partial charge in [-0.1, -0.05) is 30.0 Å². The van der Waals surface area contributed by atoms with Crippen LogP contribution in [0.3, 0.4) is 0 Å². The van der Waals surface area contributed by atoms with Crippen molar-refractivity contribution in [2.45, 2.75) is 18.5 Å². The number of fused-ring (bicyclic) bond motifs is 3. The number of carbonyl (C=O) groups is 1. The second-order valence-electron chi connectivity index (χ2n) is 8.59. The lowest BCUT2D eigenvalue weighted by molar-refractivity contribution is 0.0696. The van der Waals surface area contributed by atoms with Gasteiger partial charge in [0.25, 0.3) is 5.91 Å². The van der Waals surface area contributed by atoms with Crippen LogP contribution in [-0.4, -0.2) is 42.2 Å². The molecule has 2 heterocycles. The molecule has 0 bridgehead atoms. The number of amides is 1. The third-order valence-corrected chi connectivity index (χ3v) is 6.66. The molecule has 0 aromatic heterocycles. The van der Waals surface area contributed by atoms with E-state index in [1.54, 1.807) is 24.1 Å². The molecule has 1 saturated heterocycles. The minimum absolute atomic E-state index is 0.0230. The van der Waals surface area contributed by atoms with Gasteiger partial charge in [-0.3, -0.25) is 4.79 Å². The average molecular weight is 457 g/mol. The van der Waals surface area contributed by atoms with Crippen molar-refractivity contribution in [1.82, 2.24) is 4.90 Å². The topological polar surface area (TPSA) is 61.8 Å². The SMILES string of the molecule is COc1cccc(C#Cc2ccc3c(c2)[C@H]2[C@H](CCN2C(=O)c2ccccc2F)[C@H](CO)N3)c1. The fraction of sp³-hybridized carbons (Fsp3) is 0.250. The lowest BCUT2D eigenvalue weighted by Crippen LogP contribution is -2.43. The smallest absolute Gasteiger partial charge is 0.257 e. The normalized spacial score (nSPS) is 20.4. The van der Waals surface area contributed by atoms with Crippen LogP contribution in [0.25, 0.3) is 0 Å². The molecule has 172 valence electrons. The molecule has 1 amide bonds. The maximum Gasteiger partial charge on any atom is 0.257 e. The first-order chi connectivity index (χ1) is 16.6. The highest BCUT2D eigenvalue weighted by molar-refractivity contribution is 5.95. The number of benzene rings is 3. The molecule has 0 spiro atoms. The molecule has 3 aromatic carbocycles. The van der Waals surface area contributed by atoms with E-state index < -0.39 is 5.82 Å². The summed E-state index contributed by atoms with van der Waals surface area (Å²) in [6.45, 7) is 0.458. The molecule has 5 nitrogen and oxygen atoms in total. The lowest BCUT2D eigenvalue weighted by atomic mass is 9.82. The Bertz CT molecular complexity index is 1300. The van der Waals surface area contributed by atoms with E-state index in [2.05, 4.69) is 17.2 Å². The monoisotopic (exact) mass is 456 g/mol. The van der Waals surface area contributed by atoms with Gasteiger partial charge in [0.1, 0.15) is 11.6 Å². The number of ether oxygens (including phenoxy) is 1. The van der Waals surface area contributed by atoms with Gasteiger partial charge in [-0.15, -0.1) is 0 Å². The van der Waals surface area contributed by atoms with Crippen molar-refractivity contribution in [3.63, 3.8) is 0 Å². The van der Waals surface area contributed by atoms with Crippen LogP contribution in [0.1, 0.15) is 39.5 Å². The third kappa shape index (κ3) is 4.00. The average Bonchev–Trinajstić information content (AvgIpc) is 3.32. The van der Waals surface area contributed by atoms with Gasteiger partial charge in [0.15, 0.2) is 0 Å². The maximum atomic E-state index is 14.4. The second-order valence-corrected chi connectivity index (χ2v) is 8.59. The Labute approximate surface area is 198 Å². The van der Waals surface area contributed by atoms with Crippen LogP contribution in [0.2, 0.25) is 0 Å². The predicted molar refractivity (Wildman–Crippen MR) is 128 cm³/mol. The summed E-state index contributed by atoms with van der Waals surface area (Å²) in [7, 11) is 1.62. The number of rotatable bonds is 3. The molecule has 2 aliphatic rings. The van der Waals surface area contributed by atoms with Crippen molar-refractivity contribution in [3.8, 4) is 17.6 Å². The van der Waals surface area contributed by atoms with Crippen LogP contribution >= 0.6 is 0 Å². The molecule has 0 aliphatic carbocycles. The summed E-state index contributed by atoms with van der Waals surface area (Å²) in [6, 6.07) is 19.0. The van der Waals surface area contributed by atoms with E-state index in [-0.39, 0.29) is 36.1 Å². The van der Waals surface area contributed by atoms with Gasteiger partial charge < -0.3 is 20.1 Å². The largest absolute Gasteiger partial charge is 0.497 e. The number of hydrogen-bond acceptors (Lipinski definition) is 4.